The van der Waals surface area contributed by atoms with Crippen LogP contribution in [0.25, 0.3) is 0 Å². The number of morpholine rings is 1. The molecule has 7 atom stereocenters. The predicted molar refractivity (Wildman–Crippen MR) is 191 cm³/mol. The number of hydrogen-bond donors (Lipinski definition) is 4. The lowest BCUT2D eigenvalue weighted by Gasteiger charge is -2.29. The lowest BCUT2D eigenvalue weighted by Crippen LogP contribution is -2.48. The summed E-state index contributed by atoms with van der Waals surface area (Å²) in [6.07, 6.45) is -1.65. The van der Waals surface area contributed by atoms with Crippen molar-refractivity contribution < 1.29 is 38.7 Å². The highest BCUT2D eigenvalue weighted by atomic mass is 16.6. The molecule has 274 valence electrons. The minimum absolute atomic E-state index is 0.0643. The second-order valence-electron chi connectivity index (χ2n) is 14.0. The van der Waals surface area contributed by atoms with Crippen molar-refractivity contribution in [1.82, 2.24) is 15.5 Å². The average Bonchev–Trinajstić information content (AvgIpc) is 3.69. The maximum absolute atomic E-state index is 14.1. The number of rotatable bonds is 15. The monoisotopic (exact) mass is 701 g/mol. The molecule has 0 spiro atoms. The van der Waals surface area contributed by atoms with E-state index in [0.717, 1.165) is 60.9 Å². The van der Waals surface area contributed by atoms with Gasteiger partial charge in [0, 0.05) is 37.9 Å². The molecule has 51 heavy (non-hydrogen) atoms. The van der Waals surface area contributed by atoms with E-state index in [1.165, 1.54) is 0 Å². The van der Waals surface area contributed by atoms with Crippen LogP contribution in [0.15, 0.2) is 78.9 Å². The molecule has 6 rings (SSSR count). The summed E-state index contributed by atoms with van der Waals surface area (Å²) in [5.74, 6) is -0.142. The van der Waals surface area contributed by atoms with Crippen molar-refractivity contribution in [2.24, 2.45) is 11.8 Å². The fourth-order valence-corrected chi connectivity index (χ4v) is 7.15. The van der Waals surface area contributed by atoms with Gasteiger partial charge in [-0.3, -0.25) is 9.69 Å². The van der Waals surface area contributed by atoms with E-state index in [9.17, 15) is 19.8 Å². The lowest BCUT2D eigenvalue weighted by molar-refractivity contribution is -0.127. The molecule has 2 heterocycles. The Labute approximate surface area is 300 Å². The molecule has 3 aromatic rings. The highest BCUT2D eigenvalue weighted by Gasteiger charge is 2.36. The van der Waals surface area contributed by atoms with E-state index in [2.05, 4.69) is 15.5 Å². The molecule has 2 aliphatic heterocycles. The molecule has 0 aromatic heterocycles. The predicted octanol–water partition coefficient (Wildman–Crippen LogP) is 3.45. The number of alkyl carbamates (subject to hydrolysis) is 1. The number of aliphatic hydroxyl groups is 2. The third kappa shape index (κ3) is 10.3. The number of carbonyl (C=O) groups is 2. The molecular weight excluding hydrogens is 650 g/mol. The van der Waals surface area contributed by atoms with Crippen molar-refractivity contribution in [3.63, 3.8) is 0 Å². The van der Waals surface area contributed by atoms with E-state index in [-0.39, 0.29) is 24.3 Å². The van der Waals surface area contributed by atoms with Crippen molar-refractivity contribution in [3.8, 4) is 5.75 Å². The van der Waals surface area contributed by atoms with E-state index in [4.69, 9.17) is 18.9 Å². The largest absolute Gasteiger partial charge is 0.492 e. The maximum atomic E-state index is 14.1. The summed E-state index contributed by atoms with van der Waals surface area (Å²) in [4.78, 5) is 29.6. The topological polar surface area (TPSA) is 139 Å². The van der Waals surface area contributed by atoms with Crippen LogP contribution < -0.4 is 15.4 Å². The highest BCUT2D eigenvalue weighted by molar-refractivity contribution is 5.80. The molecule has 0 bridgehead atoms. The zero-order chi connectivity index (χ0) is 35.6. The van der Waals surface area contributed by atoms with Gasteiger partial charge >= 0.3 is 6.09 Å². The number of ether oxygens (including phenoxy) is 4. The highest BCUT2D eigenvalue weighted by Crippen LogP contribution is 2.32. The Bertz CT molecular complexity index is 1550. The minimum Gasteiger partial charge on any atom is -0.492 e. The first-order valence-electron chi connectivity index (χ1n) is 18.2. The molecule has 0 radical (unpaired) electrons. The number of hydrogen-bond acceptors (Lipinski definition) is 9. The number of amides is 2. The number of nitrogens with one attached hydrogen (secondary N) is 2. The van der Waals surface area contributed by atoms with Crippen molar-refractivity contribution in [2.45, 2.75) is 63.0 Å². The van der Waals surface area contributed by atoms with Crippen molar-refractivity contribution in [3.05, 3.63) is 101 Å². The second-order valence-corrected chi connectivity index (χ2v) is 14.0. The fourth-order valence-electron chi connectivity index (χ4n) is 7.15. The van der Waals surface area contributed by atoms with E-state index >= 15 is 0 Å². The number of carbonyl (C=O) groups excluding carboxylic acids is 2. The van der Waals surface area contributed by atoms with Crippen LogP contribution in [0.4, 0.5) is 4.79 Å². The molecule has 11 nitrogen and oxygen atoms in total. The van der Waals surface area contributed by atoms with Gasteiger partial charge in [0.25, 0.3) is 0 Å². The number of nitrogens with zero attached hydrogens (tertiary/aromatic N) is 1. The van der Waals surface area contributed by atoms with Gasteiger partial charge < -0.3 is 39.8 Å². The summed E-state index contributed by atoms with van der Waals surface area (Å²) < 4.78 is 22.6. The van der Waals surface area contributed by atoms with Crippen molar-refractivity contribution >= 4 is 12.0 Å². The van der Waals surface area contributed by atoms with Gasteiger partial charge in [-0.15, -0.1) is 0 Å². The van der Waals surface area contributed by atoms with Crippen LogP contribution in [-0.4, -0.2) is 104 Å². The van der Waals surface area contributed by atoms with Gasteiger partial charge in [-0.2, -0.15) is 0 Å². The second kappa shape index (κ2) is 18.0. The number of fused-ring (bicyclic) bond motifs is 1. The lowest BCUT2D eigenvalue weighted by atomic mass is 9.88. The minimum atomic E-state index is -1.09. The number of aliphatic hydroxyl groups excluding tert-OH is 2. The fraction of sp³-hybridized carbons (Fsp3) is 0.500. The summed E-state index contributed by atoms with van der Waals surface area (Å²) >= 11 is 0. The Morgan fingerprint density at radius 2 is 1.65 bits per heavy atom. The van der Waals surface area contributed by atoms with Gasteiger partial charge in [0.1, 0.15) is 18.5 Å². The van der Waals surface area contributed by atoms with Gasteiger partial charge in [-0.05, 0) is 53.6 Å². The van der Waals surface area contributed by atoms with Crippen LogP contribution in [0.5, 0.6) is 5.75 Å². The summed E-state index contributed by atoms with van der Waals surface area (Å²) in [6.45, 7) is 7.49. The third-order valence-corrected chi connectivity index (χ3v) is 10.2. The molecule has 0 unspecified atom stereocenters. The Morgan fingerprint density at radius 3 is 2.39 bits per heavy atom. The van der Waals surface area contributed by atoms with Crippen LogP contribution in [-0.2, 0) is 38.3 Å². The normalized spacial score (nSPS) is 23.5. The molecule has 11 heteroatoms. The first kappa shape index (κ1) is 36.8. The van der Waals surface area contributed by atoms with Crippen molar-refractivity contribution in [2.75, 3.05) is 52.7 Å². The maximum Gasteiger partial charge on any atom is 0.407 e. The van der Waals surface area contributed by atoms with Crippen LogP contribution in [0, 0.1) is 11.8 Å². The Hall–Kier alpha value is -4.00. The smallest absolute Gasteiger partial charge is 0.407 e. The van der Waals surface area contributed by atoms with Crippen molar-refractivity contribution in [1.29, 1.82) is 0 Å². The molecule has 4 N–H and O–H groups in total. The first-order chi connectivity index (χ1) is 24.8. The molecule has 3 aromatic carbocycles. The quantitative estimate of drug-likeness (QED) is 0.188. The van der Waals surface area contributed by atoms with Gasteiger partial charge in [0.15, 0.2) is 0 Å². The van der Waals surface area contributed by atoms with E-state index < -0.39 is 36.3 Å². The van der Waals surface area contributed by atoms with Gasteiger partial charge in [0.05, 0.1) is 50.7 Å². The molecular formula is C40H51N3O8. The summed E-state index contributed by atoms with van der Waals surface area (Å²) in [7, 11) is 0. The number of benzene rings is 3. The standard InChI is InChI=1S/C40H51N3O8/c1-27-25-49-26-37(27)51-40(47)41-34(22-28-7-3-2-4-8-28)35(44)24-31(39(46)42-38-33-10-6-5-9-30(33)23-36(38)45)21-29-11-13-32(14-12-29)50-20-17-43-15-18-48-19-16-43/h2-14,27,31,34-38,44-45H,15-26H2,1H3,(H,41,47)(H,42,46)/t27-,31-,34+,35+,36-,37-,38+/m1/s1. The summed E-state index contributed by atoms with van der Waals surface area (Å²) in [5.41, 5.74) is 3.73. The summed E-state index contributed by atoms with van der Waals surface area (Å²) in [6, 6.07) is 23.7. The van der Waals surface area contributed by atoms with E-state index in [1.807, 2.05) is 85.8 Å². The Morgan fingerprint density at radius 1 is 0.922 bits per heavy atom. The van der Waals surface area contributed by atoms with Gasteiger partial charge in [-0.1, -0.05) is 73.7 Å². The van der Waals surface area contributed by atoms with Gasteiger partial charge in [0.2, 0.25) is 5.91 Å². The summed E-state index contributed by atoms with van der Waals surface area (Å²) in [5, 5.41) is 28.7. The average molecular weight is 702 g/mol. The van der Waals surface area contributed by atoms with Gasteiger partial charge in [-0.25, -0.2) is 4.79 Å². The molecule has 1 aliphatic carbocycles. The first-order valence-corrected chi connectivity index (χ1v) is 18.2. The zero-order valence-electron chi connectivity index (χ0n) is 29.3. The molecule has 3 aliphatic rings. The van der Waals surface area contributed by atoms with Crippen LogP contribution in [0.1, 0.15) is 41.6 Å². The van der Waals surface area contributed by atoms with Crippen LogP contribution in [0.3, 0.4) is 0 Å². The Balaban J connectivity index is 1.16. The molecule has 2 amide bonds. The van der Waals surface area contributed by atoms with E-state index in [0.29, 0.717) is 39.1 Å². The van der Waals surface area contributed by atoms with Crippen LogP contribution >= 0.6 is 0 Å². The van der Waals surface area contributed by atoms with E-state index in [1.54, 1.807) is 0 Å². The third-order valence-electron chi connectivity index (χ3n) is 10.2. The molecule has 0 saturated carbocycles. The zero-order valence-corrected chi connectivity index (χ0v) is 29.3. The Kier molecular flexibility index (Phi) is 13.0. The molecule has 2 fully saturated rings. The molecule has 2 saturated heterocycles. The van der Waals surface area contributed by atoms with Crippen LogP contribution in [0.2, 0.25) is 0 Å². The SMILES string of the molecule is C[C@@H]1COC[C@H]1OC(=O)N[C@@H](Cc1ccccc1)[C@@H](O)C[C@@H](Cc1ccc(OCCN2CCOCC2)cc1)C(=O)N[C@H]1c2ccccc2C[C@H]1O.